The highest BCUT2D eigenvalue weighted by Crippen LogP contribution is 2.39. The van der Waals surface area contributed by atoms with Crippen molar-refractivity contribution in [2.45, 2.75) is 19.3 Å². The first kappa shape index (κ1) is 18.9. The quantitative estimate of drug-likeness (QED) is 0.341. The first-order valence-corrected chi connectivity index (χ1v) is 9.65. The van der Waals surface area contributed by atoms with E-state index in [1.165, 1.54) is 24.7 Å². The summed E-state index contributed by atoms with van der Waals surface area (Å²) in [7, 11) is 1.28. The summed E-state index contributed by atoms with van der Waals surface area (Å²) in [6, 6.07) is 5.16. The van der Waals surface area contributed by atoms with E-state index in [1.807, 2.05) is 0 Å². The molecule has 2 heterocycles. The summed E-state index contributed by atoms with van der Waals surface area (Å²) < 4.78 is 15.3. The van der Waals surface area contributed by atoms with Gasteiger partial charge in [0.05, 0.1) is 18.9 Å². The standard InChI is InChI=1S/C19H17N3O6S/c1-26-19(25)15-11-3-2-4-14(11)29-18(15)21-16(23)17(24)22-20-8-10-5-6-12-13(7-10)28-9-27-12/h5-8H,2-4,9H2,1H3,(H,21,23)(H,22,24). The predicted octanol–water partition coefficient (Wildman–Crippen LogP) is 1.84. The number of benzene rings is 1. The van der Waals surface area contributed by atoms with Crippen molar-refractivity contribution in [1.29, 1.82) is 0 Å². The van der Waals surface area contributed by atoms with Gasteiger partial charge in [-0.15, -0.1) is 11.3 Å². The monoisotopic (exact) mass is 415 g/mol. The summed E-state index contributed by atoms with van der Waals surface area (Å²) in [6.07, 6.45) is 3.92. The van der Waals surface area contributed by atoms with Crippen LogP contribution in [0.15, 0.2) is 23.3 Å². The van der Waals surface area contributed by atoms with Crippen molar-refractivity contribution in [3.05, 3.63) is 39.8 Å². The SMILES string of the molecule is COC(=O)c1c(NC(=O)C(=O)NN=Cc2ccc3c(c2)OCO3)sc2c1CCC2. The lowest BCUT2D eigenvalue weighted by molar-refractivity contribution is -0.136. The van der Waals surface area contributed by atoms with Crippen molar-refractivity contribution in [2.24, 2.45) is 5.10 Å². The Morgan fingerprint density at radius 3 is 2.83 bits per heavy atom. The average molecular weight is 415 g/mol. The summed E-state index contributed by atoms with van der Waals surface area (Å²) in [4.78, 5) is 37.4. The Hall–Kier alpha value is -3.40. The highest BCUT2D eigenvalue weighted by molar-refractivity contribution is 7.17. The third-order valence-corrected chi connectivity index (χ3v) is 5.73. The predicted molar refractivity (Wildman–Crippen MR) is 105 cm³/mol. The molecule has 0 radical (unpaired) electrons. The van der Waals surface area contributed by atoms with Crippen molar-refractivity contribution in [2.75, 3.05) is 19.2 Å². The van der Waals surface area contributed by atoms with Crippen LogP contribution in [0, 0.1) is 0 Å². The molecule has 2 aliphatic rings. The van der Waals surface area contributed by atoms with Gasteiger partial charge in [0, 0.05) is 4.88 Å². The number of nitrogens with zero attached hydrogens (tertiary/aromatic N) is 1. The van der Waals surface area contributed by atoms with E-state index >= 15 is 0 Å². The normalized spacial score (nSPS) is 14.0. The van der Waals surface area contributed by atoms with Crippen LogP contribution < -0.4 is 20.2 Å². The van der Waals surface area contributed by atoms with Crippen molar-refractivity contribution >= 4 is 40.3 Å². The van der Waals surface area contributed by atoms with E-state index in [4.69, 9.17) is 14.2 Å². The van der Waals surface area contributed by atoms with Crippen LogP contribution in [0.1, 0.15) is 32.8 Å². The highest BCUT2D eigenvalue weighted by Gasteiger charge is 2.29. The molecule has 0 spiro atoms. The molecular weight excluding hydrogens is 398 g/mol. The molecule has 2 aromatic rings. The minimum Gasteiger partial charge on any atom is -0.465 e. The average Bonchev–Trinajstić information content (AvgIpc) is 3.42. The number of ether oxygens (including phenoxy) is 3. The number of carbonyl (C=O) groups excluding carboxylic acids is 3. The molecule has 4 rings (SSSR count). The minimum atomic E-state index is -0.952. The maximum atomic E-state index is 12.2. The lowest BCUT2D eigenvalue weighted by atomic mass is 10.1. The van der Waals surface area contributed by atoms with E-state index in [2.05, 4.69) is 15.8 Å². The van der Waals surface area contributed by atoms with E-state index in [1.54, 1.807) is 18.2 Å². The molecular formula is C19H17N3O6S. The summed E-state index contributed by atoms with van der Waals surface area (Å²) in [6.45, 7) is 0.159. The first-order valence-electron chi connectivity index (χ1n) is 8.83. The topological polar surface area (TPSA) is 115 Å². The van der Waals surface area contributed by atoms with Crippen molar-refractivity contribution < 1.29 is 28.6 Å². The van der Waals surface area contributed by atoms with Crippen LogP contribution in [-0.4, -0.2) is 37.9 Å². The van der Waals surface area contributed by atoms with Crippen LogP contribution in [0.25, 0.3) is 0 Å². The van der Waals surface area contributed by atoms with E-state index in [0.29, 0.717) is 27.6 Å². The van der Waals surface area contributed by atoms with Crippen molar-refractivity contribution in [1.82, 2.24) is 5.43 Å². The first-order chi connectivity index (χ1) is 14.1. The van der Waals surface area contributed by atoms with Crippen LogP contribution in [-0.2, 0) is 27.2 Å². The molecule has 1 aliphatic carbocycles. The molecule has 150 valence electrons. The number of thiophene rings is 1. The molecule has 0 atom stereocenters. The second-order valence-corrected chi connectivity index (χ2v) is 7.42. The zero-order valence-corrected chi connectivity index (χ0v) is 16.3. The van der Waals surface area contributed by atoms with Gasteiger partial charge in [0.2, 0.25) is 6.79 Å². The number of amides is 2. The molecule has 10 heteroatoms. The molecule has 1 aromatic carbocycles. The summed E-state index contributed by atoms with van der Waals surface area (Å²) in [5, 5.41) is 6.60. The fraction of sp³-hybridized carbons (Fsp3) is 0.263. The zero-order valence-electron chi connectivity index (χ0n) is 15.4. The second kappa shape index (κ2) is 7.92. The Bertz CT molecular complexity index is 1030. The van der Waals surface area contributed by atoms with Crippen LogP contribution >= 0.6 is 11.3 Å². The zero-order chi connectivity index (χ0) is 20.4. The van der Waals surface area contributed by atoms with Gasteiger partial charge in [-0.25, -0.2) is 10.2 Å². The lowest BCUT2D eigenvalue weighted by Crippen LogP contribution is -2.32. The van der Waals surface area contributed by atoms with Gasteiger partial charge in [0.25, 0.3) is 0 Å². The van der Waals surface area contributed by atoms with Crippen LogP contribution in [0.5, 0.6) is 11.5 Å². The number of anilines is 1. The number of aryl methyl sites for hydroxylation is 1. The summed E-state index contributed by atoms with van der Waals surface area (Å²) in [5.74, 6) is -1.18. The van der Waals surface area contributed by atoms with E-state index in [-0.39, 0.29) is 6.79 Å². The molecule has 0 saturated carbocycles. The Morgan fingerprint density at radius 1 is 1.17 bits per heavy atom. The fourth-order valence-electron chi connectivity index (χ4n) is 3.18. The van der Waals surface area contributed by atoms with Gasteiger partial charge in [0.15, 0.2) is 11.5 Å². The van der Waals surface area contributed by atoms with Crippen LogP contribution in [0.2, 0.25) is 0 Å². The van der Waals surface area contributed by atoms with Gasteiger partial charge in [-0.3, -0.25) is 9.59 Å². The Labute approximate surface area is 169 Å². The number of methoxy groups -OCH3 is 1. The molecule has 1 aromatic heterocycles. The number of hydrogen-bond acceptors (Lipinski definition) is 8. The summed E-state index contributed by atoms with van der Waals surface area (Å²) in [5.41, 5.74) is 4.05. The molecule has 9 nitrogen and oxygen atoms in total. The Morgan fingerprint density at radius 2 is 2.00 bits per heavy atom. The molecule has 0 unspecified atom stereocenters. The maximum absolute atomic E-state index is 12.2. The molecule has 2 N–H and O–H groups in total. The number of nitrogens with one attached hydrogen (secondary N) is 2. The highest BCUT2D eigenvalue weighted by atomic mass is 32.1. The molecule has 0 saturated heterocycles. The number of hydrazone groups is 1. The molecule has 29 heavy (non-hydrogen) atoms. The van der Waals surface area contributed by atoms with Crippen molar-refractivity contribution in [3.63, 3.8) is 0 Å². The van der Waals surface area contributed by atoms with Gasteiger partial charge in [-0.1, -0.05) is 0 Å². The Kier molecular flexibility index (Phi) is 5.17. The van der Waals surface area contributed by atoms with Crippen LogP contribution in [0.3, 0.4) is 0 Å². The second-order valence-electron chi connectivity index (χ2n) is 6.32. The van der Waals surface area contributed by atoms with Gasteiger partial charge in [-0.05, 0) is 48.6 Å². The largest absolute Gasteiger partial charge is 0.465 e. The minimum absolute atomic E-state index is 0.159. The molecule has 0 bridgehead atoms. The number of hydrogen-bond donors (Lipinski definition) is 2. The Balaban J connectivity index is 1.40. The van der Waals surface area contributed by atoms with Gasteiger partial charge < -0.3 is 19.5 Å². The molecule has 0 fully saturated rings. The summed E-state index contributed by atoms with van der Waals surface area (Å²) >= 11 is 1.29. The van der Waals surface area contributed by atoms with Crippen LogP contribution in [0.4, 0.5) is 5.00 Å². The smallest absolute Gasteiger partial charge is 0.341 e. The number of esters is 1. The third kappa shape index (κ3) is 3.79. The molecule has 2 amide bonds. The molecule has 1 aliphatic heterocycles. The number of fused-ring (bicyclic) bond motifs is 2. The van der Waals surface area contributed by atoms with E-state index in [9.17, 15) is 14.4 Å². The van der Waals surface area contributed by atoms with Gasteiger partial charge in [0.1, 0.15) is 5.00 Å². The van der Waals surface area contributed by atoms with E-state index < -0.39 is 17.8 Å². The van der Waals surface area contributed by atoms with Gasteiger partial charge in [-0.2, -0.15) is 5.10 Å². The lowest BCUT2D eigenvalue weighted by Gasteiger charge is -2.06. The van der Waals surface area contributed by atoms with Gasteiger partial charge >= 0.3 is 17.8 Å². The number of carbonyl (C=O) groups is 3. The maximum Gasteiger partial charge on any atom is 0.341 e. The number of rotatable bonds is 4. The van der Waals surface area contributed by atoms with E-state index in [0.717, 1.165) is 29.7 Å². The third-order valence-electron chi connectivity index (χ3n) is 4.52. The fourth-order valence-corrected chi connectivity index (χ4v) is 4.45. The van der Waals surface area contributed by atoms with Crippen molar-refractivity contribution in [3.8, 4) is 11.5 Å².